The Kier molecular flexibility index (Phi) is 6.02. The number of rotatable bonds is 5. The molecule has 1 aliphatic heterocycles. The molecule has 2 N–H and O–H groups in total. The summed E-state index contributed by atoms with van der Waals surface area (Å²) in [6.07, 6.45) is 0. The predicted octanol–water partition coefficient (Wildman–Crippen LogP) is 4.24. The summed E-state index contributed by atoms with van der Waals surface area (Å²) in [5.74, 6) is -2.30. The predicted molar refractivity (Wildman–Crippen MR) is 119 cm³/mol. The normalized spacial score (nSPS) is 13.7. The van der Waals surface area contributed by atoms with E-state index in [9.17, 15) is 23.5 Å². The number of benzene rings is 3. The Morgan fingerprint density at radius 1 is 0.750 bits per heavy atom. The van der Waals surface area contributed by atoms with Crippen LogP contribution in [0.1, 0.15) is 20.7 Å². The van der Waals surface area contributed by atoms with Crippen molar-refractivity contribution in [3.8, 4) is 0 Å². The average molecular weight is 437 g/mol. The van der Waals surface area contributed by atoms with Gasteiger partial charge in [-0.05, 0) is 66.7 Å². The van der Waals surface area contributed by atoms with Crippen LogP contribution in [0.2, 0.25) is 0 Å². The number of carboxylic acid groups (broad SMARTS) is 1. The third-order valence-corrected chi connectivity index (χ3v) is 5.41. The van der Waals surface area contributed by atoms with E-state index < -0.39 is 17.7 Å². The van der Waals surface area contributed by atoms with Crippen molar-refractivity contribution in [2.45, 2.75) is 0 Å². The van der Waals surface area contributed by atoms with Crippen LogP contribution < -0.4 is 15.1 Å². The molecular weight excluding hydrogens is 416 g/mol. The van der Waals surface area contributed by atoms with Gasteiger partial charge in [-0.25, -0.2) is 13.6 Å². The Bertz CT molecular complexity index is 1130. The molecule has 3 aromatic carbocycles. The Hall–Kier alpha value is -3.94. The Balaban J connectivity index is 1.54. The molecule has 0 aliphatic carbocycles. The van der Waals surface area contributed by atoms with Crippen molar-refractivity contribution in [1.29, 1.82) is 0 Å². The van der Waals surface area contributed by atoms with E-state index in [0.717, 1.165) is 5.69 Å². The quantitative estimate of drug-likeness (QED) is 0.625. The van der Waals surface area contributed by atoms with Crippen LogP contribution >= 0.6 is 0 Å². The van der Waals surface area contributed by atoms with E-state index in [0.29, 0.717) is 37.6 Å². The smallest absolute Gasteiger partial charge is 0.335 e. The Morgan fingerprint density at radius 2 is 1.28 bits per heavy atom. The maximum absolute atomic E-state index is 13.2. The summed E-state index contributed by atoms with van der Waals surface area (Å²) in [4.78, 5) is 28.3. The van der Waals surface area contributed by atoms with E-state index in [1.807, 2.05) is 0 Å². The molecule has 0 atom stereocenters. The second kappa shape index (κ2) is 9.05. The first-order valence-corrected chi connectivity index (χ1v) is 10.1. The standard InChI is InChI=1S/C24H21F2N3O3/c25-18-4-1-16(2-5-18)23(30)27-21-15-17(24(31)32)3-10-22(21)29-13-11-28(12-14-29)20-8-6-19(26)7-9-20/h1-10,15H,11-14H2,(H,27,30)(H,31,32). The lowest BCUT2D eigenvalue weighted by molar-refractivity contribution is 0.0696. The molecular formula is C24H21F2N3O3. The van der Waals surface area contributed by atoms with E-state index in [1.165, 1.54) is 48.5 Å². The monoisotopic (exact) mass is 437 g/mol. The zero-order valence-electron chi connectivity index (χ0n) is 17.1. The van der Waals surface area contributed by atoms with Gasteiger partial charge in [0.25, 0.3) is 5.91 Å². The van der Waals surface area contributed by atoms with Crippen molar-refractivity contribution >= 4 is 28.9 Å². The van der Waals surface area contributed by atoms with Crippen LogP contribution in [0.4, 0.5) is 25.8 Å². The van der Waals surface area contributed by atoms with Gasteiger partial charge in [-0.1, -0.05) is 0 Å². The van der Waals surface area contributed by atoms with Crippen molar-refractivity contribution in [2.24, 2.45) is 0 Å². The highest BCUT2D eigenvalue weighted by Gasteiger charge is 2.22. The minimum atomic E-state index is -1.10. The number of nitrogens with zero attached hydrogens (tertiary/aromatic N) is 2. The average Bonchev–Trinajstić information content (AvgIpc) is 2.80. The fourth-order valence-electron chi connectivity index (χ4n) is 3.70. The number of aromatic carboxylic acids is 1. The van der Waals surface area contributed by atoms with Crippen LogP contribution in [0.25, 0.3) is 0 Å². The van der Waals surface area contributed by atoms with E-state index in [2.05, 4.69) is 15.1 Å². The van der Waals surface area contributed by atoms with E-state index in [1.54, 1.807) is 18.2 Å². The molecule has 0 unspecified atom stereocenters. The number of hydrogen-bond acceptors (Lipinski definition) is 4. The summed E-state index contributed by atoms with van der Waals surface area (Å²) in [5.41, 5.74) is 2.31. The van der Waals surface area contributed by atoms with E-state index in [4.69, 9.17) is 0 Å². The molecule has 32 heavy (non-hydrogen) atoms. The summed E-state index contributed by atoms with van der Waals surface area (Å²) in [6, 6.07) is 16.0. The van der Waals surface area contributed by atoms with Gasteiger partial charge < -0.3 is 20.2 Å². The fraction of sp³-hybridized carbons (Fsp3) is 0.167. The first-order valence-electron chi connectivity index (χ1n) is 10.1. The van der Waals surface area contributed by atoms with E-state index in [-0.39, 0.29) is 16.9 Å². The second-order valence-electron chi connectivity index (χ2n) is 7.45. The molecule has 0 bridgehead atoms. The first kappa shape index (κ1) is 21.3. The minimum absolute atomic E-state index is 0.0492. The number of hydrogen-bond donors (Lipinski definition) is 2. The SMILES string of the molecule is O=C(O)c1ccc(N2CCN(c3ccc(F)cc3)CC2)c(NC(=O)c2ccc(F)cc2)c1. The minimum Gasteiger partial charge on any atom is -0.478 e. The van der Waals surface area contributed by atoms with Crippen molar-refractivity contribution in [3.63, 3.8) is 0 Å². The highest BCUT2D eigenvalue weighted by atomic mass is 19.1. The molecule has 0 radical (unpaired) electrons. The molecule has 0 saturated carbocycles. The molecule has 1 heterocycles. The third kappa shape index (κ3) is 4.69. The Morgan fingerprint density at radius 3 is 1.88 bits per heavy atom. The number of anilines is 3. The number of nitrogens with one attached hydrogen (secondary N) is 1. The molecule has 1 fully saturated rings. The lowest BCUT2D eigenvalue weighted by Gasteiger charge is -2.38. The number of amides is 1. The zero-order chi connectivity index (χ0) is 22.7. The van der Waals surface area contributed by atoms with Gasteiger partial charge >= 0.3 is 5.97 Å². The maximum atomic E-state index is 13.2. The van der Waals surface area contributed by atoms with Crippen molar-refractivity contribution in [3.05, 3.63) is 89.5 Å². The van der Waals surface area contributed by atoms with Crippen molar-refractivity contribution in [2.75, 3.05) is 41.3 Å². The molecule has 0 aromatic heterocycles. The number of carboxylic acids is 1. The van der Waals surface area contributed by atoms with Gasteiger partial charge in [0.2, 0.25) is 0 Å². The number of piperazine rings is 1. The summed E-state index contributed by atoms with van der Waals surface area (Å²) >= 11 is 0. The van der Waals surface area contributed by atoms with Gasteiger partial charge in [0.15, 0.2) is 0 Å². The summed E-state index contributed by atoms with van der Waals surface area (Å²) in [5, 5.41) is 12.1. The largest absolute Gasteiger partial charge is 0.478 e. The fourth-order valence-corrected chi connectivity index (χ4v) is 3.70. The van der Waals surface area contributed by atoms with Crippen LogP contribution in [0.5, 0.6) is 0 Å². The molecule has 1 saturated heterocycles. The van der Waals surface area contributed by atoms with Gasteiger partial charge in [0.1, 0.15) is 11.6 Å². The molecule has 1 aliphatic rings. The lowest BCUT2D eigenvalue weighted by Crippen LogP contribution is -2.46. The van der Waals surface area contributed by atoms with Gasteiger partial charge in [-0.2, -0.15) is 0 Å². The van der Waals surface area contributed by atoms with Crippen molar-refractivity contribution < 1.29 is 23.5 Å². The summed E-state index contributed by atoms with van der Waals surface area (Å²) in [7, 11) is 0. The van der Waals surface area contributed by atoms with Crippen LogP contribution in [0, 0.1) is 11.6 Å². The van der Waals surface area contributed by atoms with Gasteiger partial charge in [-0.15, -0.1) is 0 Å². The molecule has 4 rings (SSSR count). The Labute approximate surface area is 183 Å². The number of halogens is 2. The van der Waals surface area contributed by atoms with Gasteiger partial charge in [-0.3, -0.25) is 4.79 Å². The van der Waals surface area contributed by atoms with Gasteiger partial charge in [0.05, 0.1) is 16.9 Å². The second-order valence-corrected chi connectivity index (χ2v) is 7.45. The highest BCUT2D eigenvalue weighted by Crippen LogP contribution is 2.30. The number of carbonyl (C=O) groups is 2. The van der Waals surface area contributed by atoms with Crippen molar-refractivity contribution in [1.82, 2.24) is 0 Å². The maximum Gasteiger partial charge on any atom is 0.335 e. The summed E-state index contributed by atoms with van der Waals surface area (Å²) < 4.78 is 26.4. The zero-order valence-corrected chi connectivity index (χ0v) is 17.1. The molecule has 8 heteroatoms. The third-order valence-electron chi connectivity index (χ3n) is 5.41. The van der Waals surface area contributed by atoms with Crippen LogP contribution in [0.15, 0.2) is 66.7 Å². The molecule has 0 spiro atoms. The molecule has 164 valence electrons. The van der Waals surface area contributed by atoms with Crippen LogP contribution in [-0.2, 0) is 0 Å². The van der Waals surface area contributed by atoms with Crippen LogP contribution in [0.3, 0.4) is 0 Å². The van der Waals surface area contributed by atoms with E-state index >= 15 is 0 Å². The first-order chi connectivity index (χ1) is 15.4. The highest BCUT2D eigenvalue weighted by molar-refractivity contribution is 6.06. The molecule has 6 nitrogen and oxygen atoms in total. The number of carbonyl (C=O) groups excluding carboxylic acids is 1. The lowest BCUT2D eigenvalue weighted by atomic mass is 10.1. The molecule has 3 aromatic rings. The van der Waals surface area contributed by atoms with Gasteiger partial charge in [0, 0.05) is 37.4 Å². The molecule has 1 amide bonds. The topological polar surface area (TPSA) is 72.9 Å². The van der Waals surface area contributed by atoms with Crippen LogP contribution in [-0.4, -0.2) is 43.2 Å². The summed E-state index contributed by atoms with van der Waals surface area (Å²) in [6.45, 7) is 2.61.